The van der Waals surface area contributed by atoms with Crippen molar-refractivity contribution in [2.45, 2.75) is 38.3 Å². The molecule has 1 atom stereocenters. The number of hydrogen-bond acceptors (Lipinski definition) is 6. The zero-order valence-corrected chi connectivity index (χ0v) is 18.5. The van der Waals surface area contributed by atoms with Crippen molar-refractivity contribution in [1.29, 1.82) is 0 Å². The Morgan fingerprint density at radius 3 is 2.94 bits per heavy atom. The van der Waals surface area contributed by atoms with Crippen LogP contribution in [0.3, 0.4) is 0 Å². The lowest BCUT2D eigenvalue weighted by Crippen LogP contribution is -2.34. The lowest BCUT2D eigenvalue weighted by Gasteiger charge is -2.20. The van der Waals surface area contributed by atoms with Gasteiger partial charge in [-0.15, -0.1) is 0 Å². The molecule has 32 heavy (non-hydrogen) atoms. The first kappa shape index (κ1) is 19.6. The Hall–Kier alpha value is -3.04. The average Bonchev–Trinajstić information content (AvgIpc) is 3.14. The number of aryl methyl sites for hydroxylation is 1. The molecule has 7 nitrogen and oxygen atoms in total. The molecule has 0 unspecified atom stereocenters. The molecule has 1 saturated heterocycles. The SMILES string of the molecule is Cc1cn2cc(NC(=O)c3ccc(N4CC[C@H](NC5CC5)C4)c4csnc34)cc(F)c2n1. The number of nitrogens with one attached hydrogen (secondary N) is 2. The molecule has 1 aliphatic heterocycles. The highest BCUT2D eigenvalue weighted by Gasteiger charge is 2.30. The van der Waals surface area contributed by atoms with Crippen LogP contribution in [0.15, 0.2) is 36.0 Å². The van der Waals surface area contributed by atoms with Crippen LogP contribution in [0.4, 0.5) is 15.8 Å². The van der Waals surface area contributed by atoms with Crippen molar-refractivity contribution < 1.29 is 9.18 Å². The number of fused-ring (bicyclic) bond motifs is 2. The van der Waals surface area contributed by atoms with E-state index in [9.17, 15) is 9.18 Å². The molecule has 6 rings (SSSR count). The van der Waals surface area contributed by atoms with E-state index in [0.717, 1.165) is 30.6 Å². The van der Waals surface area contributed by atoms with E-state index in [0.29, 0.717) is 34.5 Å². The normalized spacial score (nSPS) is 18.7. The molecule has 2 aliphatic rings. The fraction of sp³-hybridized carbons (Fsp3) is 0.348. The van der Waals surface area contributed by atoms with Crippen LogP contribution < -0.4 is 15.5 Å². The maximum Gasteiger partial charge on any atom is 0.257 e. The summed E-state index contributed by atoms with van der Waals surface area (Å²) in [7, 11) is 0. The number of carbonyl (C=O) groups is 1. The first-order valence-electron chi connectivity index (χ1n) is 10.9. The van der Waals surface area contributed by atoms with Crippen molar-refractivity contribution in [3.8, 4) is 0 Å². The number of halogens is 1. The molecular formula is C23H23FN6OS. The third-order valence-electron chi connectivity index (χ3n) is 6.22. The Labute approximate surface area is 188 Å². The fourth-order valence-electron chi connectivity index (χ4n) is 4.55. The molecule has 2 fully saturated rings. The molecular weight excluding hydrogens is 427 g/mol. The van der Waals surface area contributed by atoms with Crippen LogP contribution in [0.25, 0.3) is 16.6 Å². The van der Waals surface area contributed by atoms with Crippen molar-refractivity contribution in [2.24, 2.45) is 0 Å². The summed E-state index contributed by atoms with van der Waals surface area (Å²) in [5, 5.41) is 9.53. The third-order valence-corrected chi connectivity index (χ3v) is 6.84. The molecule has 1 amide bonds. The quantitative estimate of drug-likeness (QED) is 0.481. The number of anilines is 2. The topological polar surface area (TPSA) is 74.6 Å². The minimum atomic E-state index is -0.478. The molecule has 2 N–H and O–H groups in total. The molecule has 1 aliphatic carbocycles. The number of rotatable bonds is 5. The van der Waals surface area contributed by atoms with Crippen molar-refractivity contribution in [2.75, 3.05) is 23.3 Å². The third kappa shape index (κ3) is 3.51. The number of carbonyl (C=O) groups excluding carboxylic acids is 1. The van der Waals surface area contributed by atoms with Gasteiger partial charge in [0, 0.05) is 60.1 Å². The minimum absolute atomic E-state index is 0.242. The Kier molecular flexibility index (Phi) is 4.62. The largest absolute Gasteiger partial charge is 0.369 e. The average molecular weight is 451 g/mol. The summed E-state index contributed by atoms with van der Waals surface area (Å²) in [5.41, 5.74) is 3.61. The Morgan fingerprint density at radius 2 is 2.09 bits per heavy atom. The lowest BCUT2D eigenvalue weighted by atomic mass is 10.1. The van der Waals surface area contributed by atoms with E-state index in [-0.39, 0.29) is 11.6 Å². The second-order valence-electron chi connectivity index (χ2n) is 8.73. The highest BCUT2D eigenvalue weighted by atomic mass is 32.1. The standard InChI is InChI=1S/C23H23FN6OS/c1-13-9-30-11-16(8-19(24)22(30)25-13)27-23(31)17-4-5-20(18-12-32-28-21(17)18)29-7-6-15(10-29)26-14-2-3-14/h4-5,8-9,11-12,14-15,26H,2-3,6-7,10H2,1H3,(H,27,31)/t15-/m0/s1. The molecule has 1 aromatic carbocycles. The van der Waals surface area contributed by atoms with E-state index in [4.69, 9.17) is 0 Å². The van der Waals surface area contributed by atoms with E-state index in [1.54, 1.807) is 23.7 Å². The predicted octanol–water partition coefficient (Wildman–Crippen LogP) is 3.97. The summed E-state index contributed by atoms with van der Waals surface area (Å²) < 4.78 is 20.5. The number of aromatic nitrogens is 3. The van der Waals surface area contributed by atoms with E-state index in [1.165, 1.54) is 30.4 Å². The summed E-state index contributed by atoms with van der Waals surface area (Å²) in [6.07, 6.45) is 7.09. The van der Waals surface area contributed by atoms with Crippen molar-refractivity contribution >= 4 is 45.4 Å². The van der Waals surface area contributed by atoms with Crippen LogP contribution in [0, 0.1) is 12.7 Å². The number of pyridine rings is 1. The summed E-state index contributed by atoms with van der Waals surface area (Å²) in [6, 6.07) is 6.34. The van der Waals surface area contributed by atoms with Gasteiger partial charge in [-0.3, -0.25) is 4.79 Å². The van der Waals surface area contributed by atoms with Gasteiger partial charge in [0.05, 0.1) is 22.5 Å². The van der Waals surface area contributed by atoms with Crippen molar-refractivity contribution in [1.82, 2.24) is 19.1 Å². The van der Waals surface area contributed by atoms with Gasteiger partial charge in [0.25, 0.3) is 5.91 Å². The van der Waals surface area contributed by atoms with Gasteiger partial charge in [-0.1, -0.05) is 0 Å². The van der Waals surface area contributed by atoms with Crippen LogP contribution in [0.1, 0.15) is 35.3 Å². The maximum atomic E-state index is 14.4. The number of hydrogen-bond donors (Lipinski definition) is 2. The molecule has 4 aromatic rings. The van der Waals surface area contributed by atoms with Crippen molar-refractivity contribution in [3.05, 3.63) is 53.0 Å². The fourth-order valence-corrected chi connectivity index (χ4v) is 5.24. The zero-order valence-electron chi connectivity index (χ0n) is 17.6. The van der Waals surface area contributed by atoms with E-state index >= 15 is 0 Å². The Balaban J connectivity index is 1.26. The van der Waals surface area contributed by atoms with Crippen molar-refractivity contribution in [3.63, 3.8) is 0 Å². The smallest absolute Gasteiger partial charge is 0.257 e. The number of amides is 1. The Morgan fingerprint density at radius 1 is 1.22 bits per heavy atom. The minimum Gasteiger partial charge on any atom is -0.369 e. The summed E-state index contributed by atoms with van der Waals surface area (Å²) in [4.78, 5) is 19.6. The molecule has 9 heteroatoms. The highest BCUT2D eigenvalue weighted by molar-refractivity contribution is 7.05. The van der Waals surface area contributed by atoms with E-state index < -0.39 is 5.82 Å². The first-order chi connectivity index (χ1) is 15.5. The van der Waals surface area contributed by atoms with Gasteiger partial charge in [0.1, 0.15) is 0 Å². The molecule has 0 bridgehead atoms. The molecule has 4 heterocycles. The van der Waals surface area contributed by atoms with Gasteiger partial charge in [-0.2, -0.15) is 4.37 Å². The van der Waals surface area contributed by atoms with Gasteiger partial charge in [-0.05, 0) is 49.9 Å². The molecule has 0 radical (unpaired) electrons. The molecule has 3 aromatic heterocycles. The summed E-state index contributed by atoms with van der Waals surface area (Å²) >= 11 is 1.35. The number of nitrogens with zero attached hydrogens (tertiary/aromatic N) is 4. The lowest BCUT2D eigenvalue weighted by molar-refractivity contribution is 0.102. The maximum absolute atomic E-state index is 14.4. The highest BCUT2D eigenvalue weighted by Crippen LogP contribution is 2.33. The zero-order chi connectivity index (χ0) is 21.8. The van der Waals surface area contributed by atoms with Crippen LogP contribution in [0.5, 0.6) is 0 Å². The summed E-state index contributed by atoms with van der Waals surface area (Å²) in [6.45, 7) is 3.76. The van der Waals surface area contributed by atoms with Gasteiger partial charge < -0.3 is 19.9 Å². The van der Waals surface area contributed by atoms with E-state index in [2.05, 4.69) is 24.9 Å². The molecule has 164 valence electrons. The number of imidazole rings is 1. The van der Waals surface area contributed by atoms with Crippen LogP contribution in [-0.2, 0) is 0 Å². The van der Waals surface area contributed by atoms with E-state index in [1.807, 2.05) is 17.5 Å². The first-order valence-corrected chi connectivity index (χ1v) is 11.7. The monoisotopic (exact) mass is 450 g/mol. The molecule has 1 saturated carbocycles. The van der Waals surface area contributed by atoms with Crippen LogP contribution in [-0.4, -0.2) is 44.8 Å². The van der Waals surface area contributed by atoms with Gasteiger partial charge in [0.15, 0.2) is 11.5 Å². The second-order valence-corrected chi connectivity index (χ2v) is 9.35. The number of benzene rings is 1. The van der Waals surface area contributed by atoms with Gasteiger partial charge >= 0.3 is 0 Å². The predicted molar refractivity (Wildman–Crippen MR) is 124 cm³/mol. The second kappa shape index (κ2) is 7.53. The van der Waals surface area contributed by atoms with Crippen LogP contribution in [0.2, 0.25) is 0 Å². The van der Waals surface area contributed by atoms with Gasteiger partial charge in [0.2, 0.25) is 0 Å². The summed E-state index contributed by atoms with van der Waals surface area (Å²) in [5.74, 6) is -0.786. The molecule has 0 spiro atoms. The Bertz CT molecular complexity index is 1340. The van der Waals surface area contributed by atoms with Crippen LogP contribution >= 0.6 is 11.5 Å². The van der Waals surface area contributed by atoms with Gasteiger partial charge in [-0.25, -0.2) is 9.37 Å².